The summed E-state index contributed by atoms with van der Waals surface area (Å²) in [6, 6.07) is -1.18. The van der Waals surface area contributed by atoms with Gasteiger partial charge >= 0.3 is 0 Å². The normalized spacial score (nSPS) is 27.9. The third kappa shape index (κ3) is 4.75. The third-order valence-electron chi connectivity index (χ3n) is 6.18. The summed E-state index contributed by atoms with van der Waals surface area (Å²) in [6.45, 7) is 10.4. The van der Waals surface area contributed by atoms with Crippen LogP contribution in [0.15, 0.2) is 11.8 Å². The van der Waals surface area contributed by atoms with Gasteiger partial charge in [-0.3, -0.25) is 14.4 Å². The van der Waals surface area contributed by atoms with Gasteiger partial charge in [0.05, 0.1) is 7.11 Å². The number of nitrogens with zero attached hydrogens (tertiary/aromatic N) is 1. The van der Waals surface area contributed by atoms with Gasteiger partial charge in [-0.05, 0) is 43.1 Å². The van der Waals surface area contributed by atoms with Crippen LogP contribution in [0.4, 0.5) is 0 Å². The molecule has 2 N–H and O–H groups in total. The van der Waals surface area contributed by atoms with Crippen molar-refractivity contribution in [3.05, 3.63) is 11.8 Å². The number of carbonyl (C=O) groups excluding carboxylic acids is 3. The Bertz CT molecular complexity index is 655. The van der Waals surface area contributed by atoms with Crippen molar-refractivity contribution in [3.8, 4) is 0 Å². The molecule has 1 saturated heterocycles. The molecule has 1 aliphatic carbocycles. The summed E-state index contributed by atoms with van der Waals surface area (Å²) in [6.07, 6.45) is 6.62. The van der Waals surface area contributed by atoms with E-state index < -0.39 is 23.0 Å². The third-order valence-corrected chi connectivity index (χ3v) is 6.18. The Kier molecular flexibility index (Phi) is 7.35. The lowest BCUT2D eigenvalue weighted by Gasteiger charge is -2.35. The largest absolute Gasteiger partial charge is 0.499 e. The minimum absolute atomic E-state index is 0.135. The average molecular weight is 408 g/mol. The maximum absolute atomic E-state index is 13.3. The van der Waals surface area contributed by atoms with Gasteiger partial charge < -0.3 is 20.3 Å². The Hall–Kier alpha value is -2.05. The molecule has 0 aromatic carbocycles. The van der Waals surface area contributed by atoms with Gasteiger partial charge in [-0.25, -0.2) is 0 Å². The van der Waals surface area contributed by atoms with Crippen LogP contribution >= 0.6 is 0 Å². The van der Waals surface area contributed by atoms with Gasteiger partial charge in [0.25, 0.3) is 0 Å². The van der Waals surface area contributed by atoms with E-state index in [2.05, 4.69) is 17.6 Å². The molecule has 2 rings (SSSR count). The topological polar surface area (TPSA) is 87.7 Å². The predicted molar refractivity (Wildman–Crippen MR) is 112 cm³/mol. The summed E-state index contributed by atoms with van der Waals surface area (Å²) >= 11 is 0. The molecule has 7 nitrogen and oxygen atoms in total. The standard InChI is InChI=1S/C22H37N3O4/c1-7-10-17(29-6)22(13-15(22)8-2)24-19(27)16-11-9-12-25(16)20(28)18(23-14-26)21(3,4)5/h10,14-16,18H,7-9,11-13H2,1-6H3,(H,23,26)(H,24,27)/b17-10+/t15?,16?,18-,22?/m1/s1. The highest BCUT2D eigenvalue weighted by molar-refractivity contribution is 5.92. The molecule has 1 aliphatic heterocycles. The SMILES string of the molecule is CC/C=C(/OC)C1(NC(=O)C2CCCN2C(=O)[C@@H](NC=O)C(C)(C)C)CC1CC. The van der Waals surface area contributed by atoms with Crippen molar-refractivity contribution in [1.82, 2.24) is 15.5 Å². The lowest BCUT2D eigenvalue weighted by atomic mass is 9.85. The zero-order valence-corrected chi connectivity index (χ0v) is 18.7. The Morgan fingerprint density at radius 2 is 2.00 bits per heavy atom. The zero-order valence-electron chi connectivity index (χ0n) is 18.7. The number of hydrogen-bond acceptors (Lipinski definition) is 4. The molecule has 0 radical (unpaired) electrons. The van der Waals surface area contributed by atoms with Crippen molar-refractivity contribution in [1.29, 1.82) is 0 Å². The molecule has 0 spiro atoms. The zero-order chi connectivity index (χ0) is 21.8. The summed E-state index contributed by atoms with van der Waals surface area (Å²) < 4.78 is 5.62. The van der Waals surface area contributed by atoms with Crippen molar-refractivity contribution >= 4 is 18.2 Å². The number of ether oxygens (including phenoxy) is 1. The van der Waals surface area contributed by atoms with Crippen molar-refractivity contribution in [2.24, 2.45) is 11.3 Å². The molecule has 0 aromatic heterocycles. The van der Waals surface area contributed by atoms with Crippen LogP contribution in [0, 0.1) is 11.3 Å². The highest BCUT2D eigenvalue weighted by atomic mass is 16.5. The number of likely N-dealkylation sites (tertiary alicyclic amines) is 1. The van der Waals surface area contributed by atoms with Crippen LogP contribution in [0.2, 0.25) is 0 Å². The summed E-state index contributed by atoms with van der Waals surface area (Å²) in [5.74, 6) is 0.819. The number of carbonyl (C=O) groups is 3. The molecule has 2 aliphatic rings. The molecule has 3 amide bonds. The molecule has 0 bridgehead atoms. The Labute approximate surface area is 174 Å². The van der Waals surface area contributed by atoms with E-state index in [9.17, 15) is 14.4 Å². The van der Waals surface area contributed by atoms with E-state index in [0.29, 0.717) is 25.3 Å². The van der Waals surface area contributed by atoms with Crippen LogP contribution in [0.3, 0.4) is 0 Å². The first-order chi connectivity index (χ1) is 13.7. The van der Waals surface area contributed by atoms with Gasteiger partial charge in [-0.1, -0.05) is 41.0 Å². The van der Waals surface area contributed by atoms with Crippen LogP contribution in [0.5, 0.6) is 0 Å². The average Bonchev–Trinajstić information content (AvgIpc) is 3.13. The fraction of sp³-hybridized carbons (Fsp3) is 0.773. The van der Waals surface area contributed by atoms with Crippen LogP contribution in [0.1, 0.15) is 66.7 Å². The lowest BCUT2D eigenvalue weighted by molar-refractivity contribution is -0.143. The van der Waals surface area contributed by atoms with Gasteiger partial charge in [0.2, 0.25) is 18.2 Å². The van der Waals surface area contributed by atoms with Gasteiger partial charge in [0, 0.05) is 6.54 Å². The molecule has 3 unspecified atom stereocenters. The molecular weight excluding hydrogens is 370 g/mol. The fourth-order valence-corrected chi connectivity index (χ4v) is 4.50. The summed E-state index contributed by atoms with van der Waals surface area (Å²) in [4.78, 5) is 39.1. The van der Waals surface area contributed by atoms with E-state index in [-0.39, 0.29) is 11.8 Å². The smallest absolute Gasteiger partial charge is 0.246 e. The van der Waals surface area contributed by atoms with Crippen LogP contribution in [0.25, 0.3) is 0 Å². The molecule has 1 saturated carbocycles. The molecule has 0 aromatic rings. The minimum atomic E-state index is -0.666. The van der Waals surface area contributed by atoms with Crippen molar-refractivity contribution < 1.29 is 19.1 Å². The molecule has 164 valence electrons. The summed E-state index contributed by atoms with van der Waals surface area (Å²) in [5.41, 5.74) is -0.905. The van der Waals surface area contributed by atoms with E-state index in [1.807, 2.05) is 33.8 Å². The maximum atomic E-state index is 13.3. The van der Waals surface area contributed by atoms with Gasteiger partial charge in [-0.15, -0.1) is 0 Å². The van der Waals surface area contributed by atoms with Gasteiger partial charge in [-0.2, -0.15) is 0 Å². The first-order valence-electron chi connectivity index (χ1n) is 10.7. The summed E-state index contributed by atoms with van der Waals surface area (Å²) in [7, 11) is 1.64. The highest BCUT2D eigenvalue weighted by Crippen LogP contribution is 2.51. The Balaban J connectivity index is 2.20. The van der Waals surface area contributed by atoms with Crippen molar-refractivity contribution in [2.45, 2.75) is 84.3 Å². The molecular formula is C22H37N3O4. The minimum Gasteiger partial charge on any atom is -0.499 e. The summed E-state index contributed by atoms with van der Waals surface area (Å²) in [5, 5.41) is 5.87. The van der Waals surface area contributed by atoms with Crippen molar-refractivity contribution in [2.75, 3.05) is 13.7 Å². The molecule has 7 heteroatoms. The number of rotatable bonds is 9. The second kappa shape index (κ2) is 9.18. The molecule has 4 atom stereocenters. The number of amides is 3. The number of allylic oxidation sites excluding steroid dienone is 1. The van der Waals surface area contributed by atoms with Gasteiger partial charge in [0.15, 0.2) is 0 Å². The molecule has 1 heterocycles. The molecule has 2 fully saturated rings. The van der Waals surface area contributed by atoms with Crippen LogP contribution in [-0.2, 0) is 19.1 Å². The Morgan fingerprint density at radius 1 is 1.31 bits per heavy atom. The van der Waals surface area contributed by atoms with E-state index in [0.717, 1.165) is 31.4 Å². The highest BCUT2D eigenvalue weighted by Gasteiger charge is 2.58. The van der Waals surface area contributed by atoms with Crippen LogP contribution in [-0.4, -0.2) is 54.4 Å². The number of hydrogen-bond donors (Lipinski definition) is 2. The molecule has 29 heavy (non-hydrogen) atoms. The predicted octanol–water partition coefficient (Wildman–Crippen LogP) is 2.36. The second-order valence-corrected chi connectivity index (χ2v) is 9.22. The lowest BCUT2D eigenvalue weighted by Crippen LogP contribution is -2.57. The first kappa shape index (κ1) is 23.2. The monoisotopic (exact) mass is 407 g/mol. The number of nitrogens with one attached hydrogen (secondary N) is 2. The second-order valence-electron chi connectivity index (χ2n) is 9.22. The maximum Gasteiger partial charge on any atom is 0.246 e. The first-order valence-corrected chi connectivity index (χ1v) is 10.7. The van der Waals surface area contributed by atoms with E-state index in [1.165, 1.54) is 0 Å². The Morgan fingerprint density at radius 3 is 2.48 bits per heavy atom. The number of methoxy groups -OCH3 is 1. The fourth-order valence-electron chi connectivity index (χ4n) is 4.50. The van der Waals surface area contributed by atoms with Gasteiger partial charge in [0.1, 0.15) is 23.4 Å². The van der Waals surface area contributed by atoms with Crippen molar-refractivity contribution in [3.63, 3.8) is 0 Å². The quantitative estimate of drug-likeness (QED) is 0.454. The van der Waals surface area contributed by atoms with E-state index in [4.69, 9.17) is 4.74 Å². The van der Waals surface area contributed by atoms with E-state index >= 15 is 0 Å². The van der Waals surface area contributed by atoms with Crippen LogP contribution < -0.4 is 10.6 Å². The van der Waals surface area contributed by atoms with E-state index in [1.54, 1.807) is 12.0 Å².